The Kier molecular flexibility index (Phi) is 3.04. The highest BCUT2D eigenvalue weighted by molar-refractivity contribution is 5.49. The number of rotatable bonds is 2. The second kappa shape index (κ2) is 4.49. The molecule has 87 valence electrons. The molecule has 0 N–H and O–H groups in total. The molecule has 0 saturated heterocycles. The Labute approximate surface area is 96.9 Å². The van der Waals surface area contributed by atoms with Gasteiger partial charge in [0.1, 0.15) is 0 Å². The molecular weight excluding hydrogens is 227 g/mol. The molecule has 0 spiro atoms. The highest BCUT2D eigenvalue weighted by Gasteiger charge is 2.29. The van der Waals surface area contributed by atoms with Gasteiger partial charge >= 0.3 is 6.18 Å². The van der Waals surface area contributed by atoms with Crippen LogP contribution in [0.3, 0.4) is 0 Å². The first-order chi connectivity index (χ1) is 8.05. The zero-order valence-electron chi connectivity index (χ0n) is 8.78. The molecule has 1 nitrogen and oxygen atoms in total. The molecular formula is C13H9F3N. The first-order valence-corrected chi connectivity index (χ1v) is 5.00. The highest BCUT2D eigenvalue weighted by atomic mass is 19.4. The maximum absolute atomic E-state index is 12.3. The normalized spacial score (nSPS) is 11.2. The Morgan fingerprint density at radius 2 is 1.24 bits per heavy atom. The van der Waals surface area contributed by atoms with Crippen molar-refractivity contribution in [2.24, 2.45) is 0 Å². The predicted molar refractivity (Wildman–Crippen MR) is 59.3 cm³/mol. The fourth-order valence-electron chi connectivity index (χ4n) is 1.38. The van der Waals surface area contributed by atoms with Crippen LogP contribution >= 0.6 is 0 Å². The average Bonchev–Trinajstić information content (AvgIpc) is 2.30. The quantitative estimate of drug-likeness (QED) is 0.739. The maximum atomic E-state index is 12.3. The zero-order valence-corrected chi connectivity index (χ0v) is 8.78. The van der Waals surface area contributed by atoms with E-state index in [0.717, 1.165) is 12.1 Å². The van der Waals surface area contributed by atoms with E-state index in [1.165, 1.54) is 12.1 Å². The fourth-order valence-corrected chi connectivity index (χ4v) is 1.38. The minimum absolute atomic E-state index is 0.504. The van der Waals surface area contributed by atoms with E-state index in [9.17, 15) is 13.2 Å². The maximum Gasteiger partial charge on any atom is 0.416 e. The van der Waals surface area contributed by atoms with E-state index in [0.29, 0.717) is 11.4 Å². The highest BCUT2D eigenvalue weighted by Crippen LogP contribution is 2.30. The summed E-state index contributed by atoms with van der Waals surface area (Å²) in [5.74, 6) is 0. The number of hydrogen-bond acceptors (Lipinski definition) is 0. The van der Waals surface area contributed by atoms with Gasteiger partial charge in [-0.15, -0.1) is 0 Å². The van der Waals surface area contributed by atoms with Gasteiger partial charge in [-0.1, -0.05) is 18.2 Å². The van der Waals surface area contributed by atoms with Crippen LogP contribution in [0, 0.1) is 0 Å². The van der Waals surface area contributed by atoms with Crippen molar-refractivity contribution in [2.45, 2.75) is 6.18 Å². The van der Waals surface area contributed by atoms with Crippen LogP contribution in [0.15, 0.2) is 54.6 Å². The summed E-state index contributed by atoms with van der Waals surface area (Å²) in [5, 5.41) is 4.20. The van der Waals surface area contributed by atoms with Crippen LogP contribution in [-0.2, 0) is 6.18 Å². The first-order valence-electron chi connectivity index (χ1n) is 5.00. The molecule has 2 rings (SSSR count). The third kappa shape index (κ3) is 3.00. The fraction of sp³-hybridized carbons (Fsp3) is 0.0769. The third-order valence-corrected chi connectivity index (χ3v) is 2.21. The Morgan fingerprint density at radius 1 is 0.706 bits per heavy atom. The number of para-hydroxylation sites is 1. The molecule has 1 radical (unpaired) electrons. The Morgan fingerprint density at radius 3 is 1.76 bits per heavy atom. The van der Waals surface area contributed by atoms with E-state index in [-0.39, 0.29) is 0 Å². The summed E-state index contributed by atoms with van der Waals surface area (Å²) in [6.07, 6.45) is -4.30. The molecule has 0 amide bonds. The van der Waals surface area contributed by atoms with E-state index < -0.39 is 11.7 Å². The lowest BCUT2D eigenvalue weighted by Crippen LogP contribution is -2.04. The van der Waals surface area contributed by atoms with Gasteiger partial charge in [0.15, 0.2) is 0 Å². The molecule has 0 fully saturated rings. The topological polar surface area (TPSA) is 14.1 Å². The summed E-state index contributed by atoms with van der Waals surface area (Å²) in [5.41, 5.74) is 0.556. The van der Waals surface area contributed by atoms with Gasteiger partial charge < -0.3 is 0 Å². The minimum Gasteiger partial charge on any atom is -0.249 e. The molecule has 0 aliphatic carbocycles. The van der Waals surface area contributed by atoms with Crippen LogP contribution in [0.25, 0.3) is 0 Å². The van der Waals surface area contributed by atoms with Crippen LogP contribution in [0.4, 0.5) is 24.5 Å². The molecule has 2 aromatic carbocycles. The van der Waals surface area contributed by atoms with E-state index in [2.05, 4.69) is 5.32 Å². The van der Waals surface area contributed by atoms with Crippen LogP contribution in [0.2, 0.25) is 0 Å². The molecule has 17 heavy (non-hydrogen) atoms. The number of nitrogens with zero attached hydrogens (tertiary/aromatic N) is 1. The molecule has 0 heterocycles. The predicted octanol–water partition coefficient (Wildman–Crippen LogP) is 4.27. The summed E-state index contributed by atoms with van der Waals surface area (Å²) in [6, 6.07) is 13.8. The van der Waals surface area contributed by atoms with Crippen LogP contribution in [0.1, 0.15) is 5.56 Å². The van der Waals surface area contributed by atoms with Gasteiger partial charge in [-0.3, -0.25) is 0 Å². The Bertz CT molecular complexity index is 474. The van der Waals surface area contributed by atoms with Crippen LogP contribution in [-0.4, -0.2) is 0 Å². The standard InChI is InChI=1S/C13H9F3N/c14-13(15,16)10-6-8-12(9-7-10)17-11-4-2-1-3-5-11/h1-9H. The second-order valence-electron chi connectivity index (χ2n) is 3.49. The van der Waals surface area contributed by atoms with E-state index in [1.54, 1.807) is 12.1 Å². The van der Waals surface area contributed by atoms with Crippen LogP contribution < -0.4 is 5.32 Å². The number of hydrogen-bond donors (Lipinski definition) is 0. The summed E-state index contributed by atoms with van der Waals surface area (Å²) < 4.78 is 36.9. The third-order valence-electron chi connectivity index (χ3n) is 2.21. The van der Waals surface area contributed by atoms with Crippen molar-refractivity contribution in [1.29, 1.82) is 0 Å². The lowest BCUT2D eigenvalue weighted by molar-refractivity contribution is -0.137. The van der Waals surface area contributed by atoms with Crippen molar-refractivity contribution in [3.63, 3.8) is 0 Å². The molecule has 4 heteroatoms. The largest absolute Gasteiger partial charge is 0.416 e. The molecule has 0 bridgehead atoms. The Hall–Kier alpha value is -1.97. The van der Waals surface area contributed by atoms with E-state index >= 15 is 0 Å². The lowest BCUT2D eigenvalue weighted by atomic mass is 10.2. The SMILES string of the molecule is FC(F)(F)c1ccc([N]c2ccccc2)cc1. The van der Waals surface area contributed by atoms with E-state index in [4.69, 9.17) is 0 Å². The first kappa shape index (κ1) is 11.5. The lowest BCUT2D eigenvalue weighted by Gasteiger charge is -2.07. The van der Waals surface area contributed by atoms with E-state index in [1.807, 2.05) is 18.2 Å². The molecule has 0 aromatic heterocycles. The molecule has 0 saturated carbocycles. The van der Waals surface area contributed by atoms with Crippen molar-refractivity contribution in [3.05, 3.63) is 60.2 Å². The van der Waals surface area contributed by atoms with Crippen molar-refractivity contribution in [3.8, 4) is 0 Å². The van der Waals surface area contributed by atoms with Gasteiger partial charge in [-0.05, 0) is 36.4 Å². The van der Waals surface area contributed by atoms with Gasteiger partial charge in [0, 0.05) is 0 Å². The molecule has 0 unspecified atom stereocenters. The number of halogens is 3. The number of alkyl halides is 3. The molecule has 0 aliphatic heterocycles. The zero-order chi connectivity index (χ0) is 12.3. The monoisotopic (exact) mass is 236 g/mol. The van der Waals surface area contributed by atoms with Gasteiger partial charge in [0.25, 0.3) is 0 Å². The minimum atomic E-state index is -4.30. The second-order valence-corrected chi connectivity index (χ2v) is 3.49. The Balaban J connectivity index is 2.14. The van der Waals surface area contributed by atoms with Gasteiger partial charge in [0.2, 0.25) is 0 Å². The number of benzene rings is 2. The van der Waals surface area contributed by atoms with Gasteiger partial charge in [-0.25, -0.2) is 5.32 Å². The van der Waals surface area contributed by atoms with Crippen molar-refractivity contribution in [2.75, 3.05) is 0 Å². The van der Waals surface area contributed by atoms with Crippen molar-refractivity contribution < 1.29 is 13.2 Å². The summed E-state index contributed by atoms with van der Waals surface area (Å²) in [7, 11) is 0. The van der Waals surface area contributed by atoms with Crippen LogP contribution in [0.5, 0.6) is 0 Å². The molecule has 0 aliphatic rings. The van der Waals surface area contributed by atoms with Gasteiger partial charge in [0.05, 0.1) is 16.9 Å². The smallest absolute Gasteiger partial charge is 0.249 e. The summed E-state index contributed by atoms with van der Waals surface area (Å²) >= 11 is 0. The van der Waals surface area contributed by atoms with Crippen molar-refractivity contribution >= 4 is 11.4 Å². The summed E-state index contributed by atoms with van der Waals surface area (Å²) in [6.45, 7) is 0. The summed E-state index contributed by atoms with van der Waals surface area (Å²) in [4.78, 5) is 0. The average molecular weight is 236 g/mol. The molecule has 0 atom stereocenters. The van der Waals surface area contributed by atoms with Gasteiger partial charge in [-0.2, -0.15) is 13.2 Å². The van der Waals surface area contributed by atoms with Crippen molar-refractivity contribution in [1.82, 2.24) is 5.32 Å². The molecule has 2 aromatic rings.